The first-order valence-electron chi connectivity index (χ1n) is 7.03. The Bertz CT molecular complexity index is 565. The van der Waals surface area contributed by atoms with Crippen molar-refractivity contribution in [3.05, 3.63) is 35.9 Å². The number of rotatable bonds is 4. The van der Waals surface area contributed by atoms with Crippen molar-refractivity contribution < 1.29 is 14.7 Å². The molecule has 5 heteroatoms. The first-order chi connectivity index (χ1) is 9.97. The number of likely N-dealkylation sites (tertiary alicyclic amines) is 1. The highest BCUT2D eigenvalue weighted by atomic mass is 16.4. The lowest BCUT2D eigenvalue weighted by molar-refractivity contribution is -0.148. The van der Waals surface area contributed by atoms with Gasteiger partial charge in [0.2, 0.25) is 5.91 Å². The summed E-state index contributed by atoms with van der Waals surface area (Å²) in [4.78, 5) is 25.1. The minimum absolute atomic E-state index is 0.150. The third kappa shape index (κ3) is 3.24. The summed E-state index contributed by atoms with van der Waals surface area (Å²) >= 11 is 0. The molecule has 21 heavy (non-hydrogen) atoms. The van der Waals surface area contributed by atoms with Gasteiger partial charge in [-0.3, -0.25) is 9.59 Å². The van der Waals surface area contributed by atoms with Gasteiger partial charge < -0.3 is 15.7 Å². The van der Waals surface area contributed by atoms with E-state index >= 15 is 0 Å². The summed E-state index contributed by atoms with van der Waals surface area (Å²) in [6.45, 7) is 2.63. The summed E-state index contributed by atoms with van der Waals surface area (Å²) in [5, 5.41) is 9.33. The first-order valence-corrected chi connectivity index (χ1v) is 7.03. The number of hydrogen-bond acceptors (Lipinski definition) is 3. The summed E-state index contributed by atoms with van der Waals surface area (Å²) < 4.78 is 0. The number of benzene rings is 1. The zero-order valence-electron chi connectivity index (χ0n) is 12.1. The predicted molar refractivity (Wildman–Crippen MR) is 81.4 cm³/mol. The Morgan fingerprint density at radius 1 is 1.38 bits per heavy atom. The summed E-state index contributed by atoms with van der Waals surface area (Å²) in [6, 6.07) is 7.20. The van der Waals surface area contributed by atoms with Crippen LogP contribution in [0.15, 0.2) is 30.3 Å². The second-order valence-corrected chi connectivity index (χ2v) is 5.45. The van der Waals surface area contributed by atoms with Gasteiger partial charge in [0.15, 0.2) is 0 Å². The SMILES string of the molecule is CCC1(C(=O)O)CCN(C(=O)/C=C/c2ccc(N)cc2)C1. The highest BCUT2D eigenvalue weighted by Crippen LogP contribution is 2.34. The van der Waals surface area contributed by atoms with Gasteiger partial charge in [-0.1, -0.05) is 19.1 Å². The topological polar surface area (TPSA) is 83.6 Å². The van der Waals surface area contributed by atoms with Crippen molar-refractivity contribution in [3.8, 4) is 0 Å². The Hall–Kier alpha value is -2.30. The molecule has 1 aliphatic rings. The number of amides is 1. The molecule has 1 amide bonds. The molecule has 0 radical (unpaired) electrons. The second kappa shape index (κ2) is 5.99. The monoisotopic (exact) mass is 288 g/mol. The van der Waals surface area contributed by atoms with Crippen LogP contribution in [0.25, 0.3) is 6.08 Å². The van der Waals surface area contributed by atoms with E-state index in [1.807, 2.05) is 19.1 Å². The van der Waals surface area contributed by atoms with Crippen molar-refractivity contribution >= 4 is 23.6 Å². The van der Waals surface area contributed by atoms with E-state index in [9.17, 15) is 14.7 Å². The van der Waals surface area contributed by atoms with Gasteiger partial charge >= 0.3 is 5.97 Å². The normalized spacial score (nSPS) is 21.9. The van der Waals surface area contributed by atoms with E-state index in [1.165, 1.54) is 6.08 Å². The molecule has 0 spiro atoms. The van der Waals surface area contributed by atoms with E-state index < -0.39 is 11.4 Å². The number of carbonyl (C=O) groups excluding carboxylic acids is 1. The molecule has 1 aromatic rings. The van der Waals surface area contributed by atoms with Gasteiger partial charge in [0.05, 0.1) is 5.41 Å². The van der Waals surface area contributed by atoms with Gasteiger partial charge in [0, 0.05) is 24.9 Å². The molecule has 1 aliphatic heterocycles. The summed E-state index contributed by atoms with van der Waals surface area (Å²) in [6.07, 6.45) is 4.25. The fourth-order valence-corrected chi connectivity index (χ4v) is 2.55. The number of nitrogen functional groups attached to an aromatic ring is 1. The molecule has 0 aliphatic carbocycles. The van der Waals surface area contributed by atoms with Crippen LogP contribution in [0.4, 0.5) is 5.69 Å². The number of carboxylic acid groups (broad SMARTS) is 1. The highest BCUT2D eigenvalue weighted by molar-refractivity contribution is 5.92. The lowest BCUT2D eigenvalue weighted by Crippen LogP contribution is -2.35. The van der Waals surface area contributed by atoms with Crippen LogP contribution < -0.4 is 5.73 Å². The Kier molecular flexibility index (Phi) is 4.31. The fraction of sp³-hybridized carbons (Fsp3) is 0.375. The lowest BCUT2D eigenvalue weighted by atomic mass is 9.84. The predicted octanol–water partition coefficient (Wildman–Crippen LogP) is 2.00. The van der Waals surface area contributed by atoms with Crippen molar-refractivity contribution in [2.24, 2.45) is 5.41 Å². The Balaban J connectivity index is 2.02. The molecule has 112 valence electrons. The number of carbonyl (C=O) groups is 2. The molecule has 1 aromatic carbocycles. The van der Waals surface area contributed by atoms with Crippen molar-refractivity contribution in [3.63, 3.8) is 0 Å². The van der Waals surface area contributed by atoms with E-state index in [2.05, 4.69) is 0 Å². The van der Waals surface area contributed by atoms with Crippen LogP contribution in [-0.4, -0.2) is 35.0 Å². The maximum atomic E-state index is 12.1. The lowest BCUT2D eigenvalue weighted by Gasteiger charge is -2.22. The van der Waals surface area contributed by atoms with Crippen LogP contribution in [0.3, 0.4) is 0 Å². The fourth-order valence-electron chi connectivity index (χ4n) is 2.55. The number of nitrogens with two attached hydrogens (primary N) is 1. The van der Waals surface area contributed by atoms with Crippen LogP contribution >= 0.6 is 0 Å². The van der Waals surface area contributed by atoms with Crippen molar-refractivity contribution in [2.45, 2.75) is 19.8 Å². The van der Waals surface area contributed by atoms with Crippen molar-refractivity contribution in [2.75, 3.05) is 18.8 Å². The average molecular weight is 288 g/mol. The van der Waals surface area contributed by atoms with Gasteiger partial charge in [-0.2, -0.15) is 0 Å². The number of anilines is 1. The molecule has 2 rings (SSSR count). The smallest absolute Gasteiger partial charge is 0.311 e. The third-order valence-electron chi connectivity index (χ3n) is 4.15. The van der Waals surface area contributed by atoms with E-state index in [4.69, 9.17) is 5.73 Å². The largest absolute Gasteiger partial charge is 0.481 e. The van der Waals surface area contributed by atoms with Gasteiger partial charge in [0.25, 0.3) is 0 Å². The molecule has 5 nitrogen and oxygen atoms in total. The Labute approximate surface area is 124 Å². The number of carboxylic acids is 1. The maximum absolute atomic E-state index is 12.1. The van der Waals surface area contributed by atoms with Crippen molar-refractivity contribution in [1.29, 1.82) is 0 Å². The zero-order valence-corrected chi connectivity index (χ0v) is 12.1. The quantitative estimate of drug-likeness (QED) is 0.655. The molecule has 1 unspecified atom stereocenters. The molecule has 3 N–H and O–H groups in total. The summed E-state index contributed by atoms with van der Waals surface area (Å²) in [7, 11) is 0. The van der Waals surface area contributed by atoms with Crippen LogP contribution in [-0.2, 0) is 9.59 Å². The number of nitrogens with zero attached hydrogens (tertiary/aromatic N) is 1. The van der Waals surface area contributed by atoms with E-state index in [0.29, 0.717) is 25.1 Å². The Morgan fingerprint density at radius 3 is 2.57 bits per heavy atom. The second-order valence-electron chi connectivity index (χ2n) is 5.45. The number of aliphatic carboxylic acids is 1. The highest BCUT2D eigenvalue weighted by Gasteiger charge is 2.44. The minimum atomic E-state index is -0.817. The summed E-state index contributed by atoms with van der Waals surface area (Å²) in [5.41, 5.74) is 6.37. The molecule has 0 bridgehead atoms. The minimum Gasteiger partial charge on any atom is -0.481 e. The van der Waals surface area contributed by atoms with E-state index in [-0.39, 0.29) is 12.5 Å². The molecule has 0 aromatic heterocycles. The maximum Gasteiger partial charge on any atom is 0.311 e. The van der Waals surface area contributed by atoms with Crippen LogP contribution in [0.2, 0.25) is 0 Å². The third-order valence-corrected chi connectivity index (χ3v) is 4.15. The molecular formula is C16H20N2O3. The van der Waals surface area contributed by atoms with Crippen molar-refractivity contribution in [1.82, 2.24) is 4.90 Å². The molecule has 1 heterocycles. The average Bonchev–Trinajstić information content (AvgIpc) is 2.92. The Morgan fingerprint density at radius 2 is 2.05 bits per heavy atom. The van der Waals surface area contributed by atoms with Crippen LogP contribution in [0.1, 0.15) is 25.3 Å². The molecule has 1 fully saturated rings. The molecule has 1 saturated heterocycles. The van der Waals surface area contributed by atoms with Crippen LogP contribution in [0, 0.1) is 5.41 Å². The van der Waals surface area contributed by atoms with Crippen LogP contribution in [0.5, 0.6) is 0 Å². The van der Waals surface area contributed by atoms with Gasteiger partial charge in [-0.15, -0.1) is 0 Å². The molecule has 0 saturated carbocycles. The van der Waals surface area contributed by atoms with E-state index in [1.54, 1.807) is 23.1 Å². The van der Waals surface area contributed by atoms with E-state index in [0.717, 1.165) is 5.56 Å². The zero-order chi connectivity index (χ0) is 15.5. The first kappa shape index (κ1) is 15.1. The van der Waals surface area contributed by atoms with Gasteiger partial charge in [-0.05, 0) is 36.6 Å². The molecular weight excluding hydrogens is 268 g/mol. The van der Waals surface area contributed by atoms with Gasteiger partial charge in [0.1, 0.15) is 0 Å². The number of hydrogen-bond donors (Lipinski definition) is 2. The van der Waals surface area contributed by atoms with Gasteiger partial charge in [-0.25, -0.2) is 0 Å². The summed E-state index contributed by atoms with van der Waals surface area (Å²) in [5.74, 6) is -0.966. The standard InChI is InChI=1S/C16H20N2O3/c1-2-16(15(20)21)9-10-18(11-16)14(19)8-5-12-3-6-13(17)7-4-12/h3-8H,2,9-11,17H2,1H3,(H,20,21)/b8-5+. The molecule has 1 atom stereocenters.